The van der Waals surface area contributed by atoms with E-state index in [4.69, 9.17) is 11.1 Å². The Kier molecular flexibility index (Phi) is 8.81. The van der Waals surface area contributed by atoms with Crippen LogP contribution in [-0.2, 0) is 25.9 Å². The van der Waals surface area contributed by atoms with Gasteiger partial charge in [0.1, 0.15) is 22.9 Å². The molecule has 3 aromatic heterocycles. The number of carbonyl (C=O) groups excluding carboxylic acids is 4. The van der Waals surface area contributed by atoms with Gasteiger partial charge in [-0.15, -0.1) is 12.4 Å². The average molecular weight is 566 g/mol. The first-order valence-electron chi connectivity index (χ1n) is 11.6. The minimum absolute atomic E-state index is 0. The quantitative estimate of drug-likeness (QED) is 0.103. The Morgan fingerprint density at radius 3 is 1.60 bits per heavy atom. The van der Waals surface area contributed by atoms with Crippen LogP contribution in [0.3, 0.4) is 0 Å². The monoisotopic (exact) mass is 565 g/mol. The van der Waals surface area contributed by atoms with Gasteiger partial charge in [-0.2, -0.15) is 0 Å². The van der Waals surface area contributed by atoms with Crippen molar-refractivity contribution in [2.24, 2.45) is 26.9 Å². The van der Waals surface area contributed by atoms with E-state index in [1.807, 2.05) is 0 Å². The van der Waals surface area contributed by atoms with Crippen molar-refractivity contribution in [2.75, 3.05) is 21.3 Å². The lowest BCUT2D eigenvalue weighted by molar-refractivity contribution is -0.105. The summed E-state index contributed by atoms with van der Waals surface area (Å²) >= 11 is 0. The lowest BCUT2D eigenvalue weighted by atomic mass is 10.2. The molecular weight excluding hydrogens is 538 g/mol. The standard InChI is InChI=1S/C26H27N9O4.ClH/c1-33-11-17(29-14-36)8-20(33)25(38)31-19-10-22(35(3)13-19)26(39)32-18-9-21(34(2)12-18)24(37)30-16-6-4-5-15(7-16)23(27)28;/h4-14H,1-3H3,(H3,27,28)(H,29,36)(H,30,37)(H,31,38)(H,32,39);1H. The summed E-state index contributed by atoms with van der Waals surface area (Å²) in [7, 11) is 5.01. The molecule has 208 valence electrons. The fourth-order valence-electron chi connectivity index (χ4n) is 4.00. The molecule has 0 fully saturated rings. The maximum Gasteiger partial charge on any atom is 0.272 e. The van der Waals surface area contributed by atoms with E-state index in [-0.39, 0.29) is 23.9 Å². The highest BCUT2D eigenvalue weighted by molar-refractivity contribution is 6.08. The molecule has 1 aromatic carbocycles. The van der Waals surface area contributed by atoms with Crippen LogP contribution in [0.15, 0.2) is 61.1 Å². The van der Waals surface area contributed by atoms with Crippen molar-refractivity contribution in [3.63, 3.8) is 0 Å². The van der Waals surface area contributed by atoms with E-state index in [1.54, 1.807) is 77.7 Å². The Balaban J connectivity index is 0.00000441. The van der Waals surface area contributed by atoms with Gasteiger partial charge >= 0.3 is 0 Å². The third-order valence-corrected chi connectivity index (χ3v) is 5.89. The molecule has 4 aromatic rings. The van der Waals surface area contributed by atoms with Crippen LogP contribution in [-0.4, -0.2) is 43.7 Å². The molecule has 7 N–H and O–H groups in total. The number of aryl methyl sites for hydroxylation is 3. The molecule has 0 radical (unpaired) electrons. The Labute approximate surface area is 235 Å². The number of hydrogen-bond acceptors (Lipinski definition) is 5. The smallest absolute Gasteiger partial charge is 0.272 e. The van der Waals surface area contributed by atoms with Crippen LogP contribution >= 0.6 is 12.4 Å². The number of halogens is 1. The Morgan fingerprint density at radius 1 is 0.725 bits per heavy atom. The van der Waals surface area contributed by atoms with Crippen molar-refractivity contribution in [1.29, 1.82) is 5.41 Å². The Hall–Kier alpha value is -5.30. The lowest BCUT2D eigenvalue weighted by Crippen LogP contribution is -2.16. The van der Waals surface area contributed by atoms with E-state index in [0.29, 0.717) is 46.1 Å². The zero-order valence-corrected chi connectivity index (χ0v) is 22.6. The molecule has 3 heterocycles. The third-order valence-electron chi connectivity index (χ3n) is 5.89. The van der Waals surface area contributed by atoms with Gasteiger partial charge in [-0.05, 0) is 30.3 Å². The molecular formula is C26H28ClN9O4. The van der Waals surface area contributed by atoms with Gasteiger partial charge in [-0.25, -0.2) is 0 Å². The molecule has 0 atom stereocenters. The SMILES string of the molecule is Cl.Cn1cc(NC=O)cc1C(=O)Nc1cc(C(=O)Nc2cc(C(=O)Nc3cccc(C(=N)N)c3)n(C)c2)n(C)c1. The number of amides is 4. The van der Waals surface area contributed by atoms with Gasteiger partial charge in [0.25, 0.3) is 17.7 Å². The number of anilines is 4. The highest BCUT2D eigenvalue weighted by atomic mass is 35.5. The van der Waals surface area contributed by atoms with Crippen molar-refractivity contribution in [3.05, 3.63) is 83.7 Å². The molecule has 14 heteroatoms. The number of amidine groups is 1. The summed E-state index contributed by atoms with van der Waals surface area (Å²) in [6, 6.07) is 11.2. The fraction of sp³-hybridized carbons (Fsp3) is 0.115. The molecule has 0 aliphatic carbocycles. The summed E-state index contributed by atoms with van der Waals surface area (Å²) in [5.74, 6) is -1.38. The molecule has 0 aliphatic heterocycles. The van der Waals surface area contributed by atoms with Gasteiger partial charge in [-0.1, -0.05) is 12.1 Å². The van der Waals surface area contributed by atoms with E-state index in [2.05, 4.69) is 21.3 Å². The summed E-state index contributed by atoms with van der Waals surface area (Å²) in [4.78, 5) is 49.2. The summed E-state index contributed by atoms with van der Waals surface area (Å²) in [5.41, 5.74) is 8.64. The number of nitrogen functional groups attached to an aromatic ring is 1. The van der Waals surface area contributed by atoms with Crippen LogP contribution in [0.25, 0.3) is 0 Å². The summed E-state index contributed by atoms with van der Waals surface area (Å²) in [6.07, 6.45) is 5.32. The van der Waals surface area contributed by atoms with Gasteiger partial charge in [-0.3, -0.25) is 24.6 Å². The number of nitrogens with two attached hydrogens (primary N) is 1. The average Bonchev–Trinajstić information content (AvgIpc) is 3.55. The minimum Gasteiger partial charge on any atom is -0.384 e. The van der Waals surface area contributed by atoms with Crippen LogP contribution in [0.4, 0.5) is 22.7 Å². The molecule has 40 heavy (non-hydrogen) atoms. The van der Waals surface area contributed by atoms with Gasteiger partial charge in [0.05, 0.1) is 17.1 Å². The van der Waals surface area contributed by atoms with Crippen LogP contribution in [0.1, 0.15) is 37.0 Å². The number of carbonyl (C=O) groups is 4. The number of benzene rings is 1. The van der Waals surface area contributed by atoms with E-state index in [0.717, 1.165) is 0 Å². The van der Waals surface area contributed by atoms with Crippen molar-refractivity contribution in [1.82, 2.24) is 13.7 Å². The van der Waals surface area contributed by atoms with Crippen LogP contribution < -0.4 is 27.0 Å². The molecule has 13 nitrogen and oxygen atoms in total. The van der Waals surface area contributed by atoms with E-state index >= 15 is 0 Å². The Morgan fingerprint density at radius 2 is 1.15 bits per heavy atom. The third kappa shape index (κ3) is 6.39. The number of nitrogens with one attached hydrogen (secondary N) is 5. The van der Waals surface area contributed by atoms with Crippen molar-refractivity contribution >= 4 is 65.1 Å². The predicted molar refractivity (Wildman–Crippen MR) is 154 cm³/mol. The molecule has 0 saturated heterocycles. The zero-order valence-electron chi connectivity index (χ0n) is 21.8. The second-order valence-electron chi connectivity index (χ2n) is 8.79. The van der Waals surface area contributed by atoms with Gasteiger partial charge < -0.3 is 40.7 Å². The number of hydrogen-bond donors (Lipinski definition) is 6. The molecule has 0 spiro atoms. The van der Waals surface area contributed by atoms with Gasteiger partial charge in [0, 0.05) is 51.0 Å². The summed E-state index contributed by atoms with van der Waals surface area (Å²) in [6.45, 7) is 0. The number of rotatable bonds is 9. The predicted octanol–water partition coefficient (Wildman–Crippen LogP) is 2.73. The van der Waals surface area contributed by atoms with Crippen LogP contribution in [0, 0.1) is 5.41 Å². The van der Waals surface area contributed by atoms with Crippen LogP contribution in [0.5, 0.6) is 0 Å². The first-order valence-corrected chi connectivity index (χ1v) is 11.6. The first-order chi connectivity index (χ1) is 18.5. The van der Waals surface area contributed by atoms with Gasteiger partial charge in [0.15, 0.2) is 0 Å². The zero-order chi connectivity index (χ0) is 28.3. The van der Waals surface area contributed by atoms with E-state index in [9.17, 15) is 19.2 Å². The van der Waals surface area contributed by atoms with E-state index < -0.39 is 17.7 Å². The minimum atomic E-state index is -0.443. The second-order valence-corrected chi connectivity index (χ2v) is 8.79. The van der Waals surface area contributed by atoms with Gasteiger partial charge in [0.2, 0.25) is 6.41 Å². The normalized spacial score (nSPS) is 10.3. The lowest BCUT2D eigenvalue weighted by Gasteiger charge is -2.07. The van der Waals surface area contributed by atoms with Crippen molar-refractivity contribution < 1.29 is 19.2 Å². The summed E-state index contributed by atoms with van der Waals surface area (Å²) in [5, 5.41) is 18.3. The number of aromatic nitrogens is 3. The number of nitrogens with zero attached hydrogens (tertiary/aromatic N) is 3. The largest absolute Gasteiger partial charge is 0.384 e. The van der Waals surface area contributed by atoms with Crippen LogP contribution in [0.2, 0.25) is 0 Å². The van der Waals surface area contributed by atoms with Crippen molar-refractivity contribution in [3.8, 4) is 0 Å². The van der Waals surface area contributed by atoms with E-state index in [1.165, 1.54) is 18.2 Å². The fourth-order valence-corrected chi connectivity index (χ4v) is 4.00. The molecule has 0 unspecified atom stereocenters. The molecule has 0 aliphatic rings. The molecule has 0 bridgehead atoms. The topological polar surface area (TPSA) is 181 Å². The molecule has 4 amide bonds. The maximum atomic E-state index is 13.0. The maximum absolute atomic E-state index is 13.0. The highest BCUT2D eigenvalue weighted by Crippen LogP contribution is 2.20. The molecule has 0 saturated carbocycles. The highest BCUT2D eigenvalue weighted by Gasteiger charge is 2.18. The first kappa shape index (κ1) is 29.3. The summed E-state index contributed by atoms with van der Waals surface area (Å²) < 4.78 is 4.71. The second kappa shape index (κ2) is 12.0. The van der Waals surface area contributed by atoms with Crippen molar-refractivity contribution in [2.45, 2.75) is 0 Å². The Bertz CT molecular complexity index is 1620. The molecule has 4 rings (SSSR count).